The van der Waals surface area contributed by atoms with Crippen LogP contribution < -0.4 is 15.2 Å². The molecular weight excluding hydrogens is 370 g/mol. The molecule has 0 bridgehead atoms. The van der Waals surface area contributed by atoms with Crippen molar-refractivity contribution in [2.45, 2.75) is 44.6 Å². The molecule has 3 heterocycles. The summed E-state index contributed by atoms with van der Waals surface area (Å²) in [7, 11) is 1.58. The van der Waals surface area contributed by atoms with Gasteiger partial charge in [0.1, 0.15) is 11.5 Å². The summed E-state index contributed by atoms with van der Waals surface area (Å²) in [5.74, 6) is 2.35. The molecule has 8 heteroatoms. The third kappa shape index (κ3) is 4.41. The first-order valence-corrected chi connectivity index (χ1v) is 10.1. The van der Waals surface area contributed by atoms with Crippen LogP contribution >= 0.6 is 0 Å². The maximum Gasteiger partial charge on any atom is 0.272 e. The molecule has 0 unspecified atom stereocenters. The van der Waals surface area contributed by atoms with E-state index >= 15 is 0 Å². The van der Waals surface area contributed by atoms with Crippen molar-refractivity contribution < 1.29 is 14.3 Å². The number of methoxy groups -OCH3 is 1. The van der Waals surface area contributed by atoms with Crippen molar-refractivity contribution in [3.63, 3.8) is 0 Å². The van der Waals surface area contributed by atoms with Gasteiger partial charge in [0.05, 0.1) is 25.1 Å². The third-order valence-corrected chi connectivity index (χ3v) is 5.78. The van der Waals surface area contributed by atoms with Gasteiger partial charge in [0.15, 0.2) is 11.5 Å². The van der Waals surface area contributed by atoms with Gasteiger partial charge in [0, 0.05) is 25.1 Å². The van der Waals surface area contributed by atoms with Gasteiger partial charge in [0.25, 0.3) is 5.91 Å². The molecule has 2 aromatic heterocycles. The Kier molecular flexibility index (Phi) is 5.51. The lowest BCUT2D eigenvalue weighted by Gasteiger charge is -2.31. The number of ether oxygens (including phenoxy) is 2. The Balaban J connectivity index is 1.39. The summed E-state index contributed by atoms with van der Waals surface area (Å²) in [5, 5.41) is 8.11. The van der Waals surface area contributed by atoms with Gasteiger partial charge < -0.3 is 20.1 Å². The standard InChI is InChI=1S/C21H27N5O3/c1-13(14-3-4-14)29-19-12-23-17(11-18(19)28-2)21(27)26-9-7-15(8-10-26)16-5-6-20(22)25-24-16/h5-6,11-15H,3-4,7-10H2,1-2H3,(H2,22,25)/t13-/m0/s1. The number of nitrogens with two attached hydrogens (primary N) is 1. The number of pyridine rings is 1. The van der Waals surface area contributed by atoms with Crippen LogP contribution in [0.5, 0.6) is 11.5 Å². The summed E-state index contributed by atoms with van der Waals surface area (Å²) in [4.78, 5) is 19.1. The molecule has 154 valence electrons. The van der Waals surface area contributed by atoms with Gasteiger partial charge in [-0.2, -0.15) is 5.10 Å². The zero-order valence-corrected chi connectivity index (χ0v) is 16.9. The highest BCUT2D eigenvalue weighted by Crippen LogP contribution is 2.37. The van der Waals surface area contributed by atoms with E-state index in [2.05, 4.69) is 22.1 Å². The van der Waals surface area contributed by atoms with Crippen LogP contribution in [-0.4, -0.2) is 52.3 Å². The number of hydrogen-bond donors (Lipinski definition) is 1. The normalized spacial score (nSPS) is 18.3. The fourth-order valence-corrected chi connectivity index (χ4v) is 3.76. The first kappa shape index (κ1) is 19.4. The average Bonchev–Trinajstić information content (AvgIpc) is 3.60. The van der Waals surface area contributed by atoms with Gasteiger partial charge in [0.2, 0.25) is 0 Å². The number of nitrogen functional groups attached to an aromatic ring is 1. The summed E-state index contributed by atoms with van der Waals surface area (Å²) in [6.45, 7) is 3.36. The zero-order chi connectivity index (χ0) is 20.4. The molecule has 0 spiro atoms. The van der Waals surface area contributed by atoms with E-state index in [-0.39, 0.29) is 17.9 Å². The summed E-state index contributed by atoms with van der Waals surface area (Å²) >= 11 is 0. The molecule has 1 saturated heterocycles. The molecular formula is C21H27N5O3. The smallest absolute Gasteiger partial charge is 0.272 e. The summed E-state index contributed by atoms with van der Waals surface area (Å²) < 4.78 is 11.4. The highest BCUT2D eigenvalue weighted by molar-refractivity contribution is 5.93. The van der Waals surface area contributed by atoms with Crippen LogP contribution in [0.15, 0.2) is 24.4 Å². The molecule has 1 atom stereocenters. The first-order chi connectivity index (χ1) is 14.0. The first-order valence-electron chi connectivity index (χ1n) is 10.1. The monoisotopic (exact) mass is 397 g/mol. The van der Waals surface area contributed by atoms with Crippen LogP contribution in [0.3, 0.4) is 0 Å². The van der Waals surface area contributed by atoms with Crippen molar-refractivity contribution >= 4 is 11.7 Å². The second-order valence-corrected chi connectivity index (χ2v) is 7.83. The maximum atomic E-state index is 12.9. The van der Waals surface area contributed by atoms with E-state index < -0.39 is 0 Å². The highest BCUT2D eigenvalue weighted by Gasteiger charge is 2.31. The number of carbonyl (C=O) groups is 1. The number of nitrogens with zero attached hydrogens (tertiary/aromatic N) is 4. The summed E-state index contributed by atoms with van der Waals surface area (Å²) in [5.41, 5.74) is 6.91. The Morgan fingerprint density at radius 3 is 2.55 bits per heavy atom. The summed E-state index contributed by atoms with van der Waals surface area (Å²) in [6, 6.07) is 5.36. The maximum absolute atomic E-state index is 12.9. The molecule has 29 heavy (non-hydrogen) atoms. The van der Waals surface area contributed by atoms with Crippen LogP contribution in [0.25, 0.3) is 0 Å². The van der Waals surface area contributed by atoms with Crippen molar-refractivity contribution in [2.75, 3.05) is 25.9 Å². The Labute approximate surface area is 170 Å². The Morgan fingerprint density at radius 2 is 1.93 bits per heavy atom. The fourth-order valence-electron chi connectivity index (χ4n) is 3.76. The molecule has 0 aromatic carbocycles. The van der Waals surface area contributed by atoms with Crippen LogP contribution in [0.2, 0.25) is 0 Å². The molecule has 0 radical (unpaired) electrons. The predicted octanol–water partition coefficient (Wildman–Crippen LogP) is 2.66. The number of rotatable bonds is 6. The van der Waals surface area contributed by atoms with Gasteiger partial charge in [-0.15, -0.1) is 5.10 Å². The van der Waals surface area contributed by atoms with Crippen LogP contribution in [0.4, 0.5) is 5.82 Å². The minimum absolute atomic E-state index is 0.0908. The van der Waals surface area contributed by atoms with E-state index in [0.717, 1.165) is 18.5 Å². The van der Waals surface area contributed by atoms with E-state index in [1.807, 2.05) is 11.0 Å². The molecule has 1 aliphatic carbocycles. The van der Waals surface area contributed by atoms with Crippen molar-refractivity contribution in [3.8, 4) is 11.5 Å². The fraction of sp³-hybridized carbons (Fsp3) is 0.524. The van der Waals surface area contributed by atoms with Crippen molar-refractivity contribution in [2.24, 2.45) is 5.92 Å². The van der Waals surface area contributed by atoms with E-state index in [4.69, 9.17) is 15.2 Å². The molecule has 2 aliphatic rings. The SMILES string of the molecule is COc1cc(C(=O)N2CCC(c3ccc(N)nn3)CC2)ncc1O[C@@H](C)C1CC1. The topological polar surface area (TPSA) is 103 Å². The highest BCUT2D eigenvalue weighted by atomic mass is 16.5. The van der Waals surface area contributed by atoms with Crippen LogP contribution in [0.1, 0.15) is 54.7 Å². The number of piperidine rings is 1. The second-order valence-electron chi connectivity index (χ2n) is 7.83. The Morgan fingerprint density at radius 1 is 1.17 bits per heavy atom. The lowest BCUT2D eigenvalue weighted by molar-refractivity contribution is 0.0705. The summed E-state index contributed by atoms with van der Waals surface area (Å²) in [6.07, 6.45) is 5.80. The number of aromatic nitrogens is 3. The predicted molar refractivity (Wildman–Crippen MR) is 108 cm³/mol. The molecule has 1 saturated carbocycles. The molecule has 1 aliphatic heterocycles. The van der Waals surface area contributed by atoms with E-state index in [9.17, 15) is 4.79 Å². The molecule has 1 amide bonds. The zero-order valence-electron chi connectivity index (χ0n) is 16.9. The van der Waals surface area contributed by atoms with Crippen LogP contribution in [-0.2, 0) is 0 Å². The quantitative estimate of drug-likeness (QED) is 0.799. The Hall–Kier alpha value is -2.90. The molecule has 2 aromatic rings. The minimum Gasteiger partial charge on any atom is -0.493 e. The average molecular weight is 397 g/mol. The van der Waals surface area contributed by atoms with Crippen LogP contribution in [0, 0.1) is 5.92 Å². The largest absolute Gasteiger partial charge is 0.493 e. The van der Waals surface area contributed by atoms with E-state index in [0.29, 0.717) is 42.0 Å². The van der Waals surface area contributed by atoms with Gasteiger partial charge >= 0.3 is 0 Å². The lowest BCUT2D eigenvalue weighted by atomic mass is 9.93. The molecule has 4 rings (SSSR count). The van der Waals surface area contributed by atoms with Gasteiger partial charge in [-0.25, -0.2) is 4.98 Å². The van der Waals surface area contributed by atoms with Gasteiger partial charge in [-0.05, 0) is 50.7 Å². The second kappa shape index (κ2) is 8.23. The van der Waals surface area contributed by atoms with Gasteiger partial charge in [-0.3, -0.25) is 4.79 Å². The van der Waals surface area contributed by atoms with Crippen molar-refractivity contribution in [3.05, 3.63) is 35.8 Å². The van der Waals surface area contributed by atoms with Gasteiger partial charge in [-0.1, -0.05) is 0 Å². The number of anilines is 1. The molecule has 8 nitrogen and oxygen atoms in total. The third-order valence-electron chi connectivity index (χ3n) is 5.78. The molecule has 2 fully saturated rings. The number of hydrogen-bond acceptors (Lipinski definition) is 7. The number of carbonyl (C=O) groups excluding carboxylic acids is 1. The van der Waals surface area contributed by atoms with Crippen molar-refractivity contribution in [1.82, 2.24) is 20.1 Å². The lowest BCUT2D eigenvalue weighted by Crippen LogP contribution is -2.38. The number of amides is 1. The number of likely N-dealkylation sites (tertiary alicyclic amines) is 1. The van der Waals surface area contributed by atoms with E-state index in [1.54, 1.807) is 25.4 Å². The Bertz CT molecular complexity index is 861. The van der Waals surface area contributed by atoms with E-state index in [1.165, 1.54) is 12.8 Å². The molecule has 2 N–H and O–H groups in total. The van der Waals surface area contributed by atoms with Crippen molar-refractivity contribution in [1.29, 1.82) is 0 Å². The minimum atomic E-state index is -0.0908.